The summed E-state index contributed by atoms with van der Waals surface area (Å²) in [5.41, 5.74) is 7.16. The molecule has 2 saturated heterocycles. The van der Waals surface area contributed by atoms with E-state index in [1.54, 1.807) is 11.6 Å². The molecular weight excluding hydrogens is 715 g/mol. The van der Waals surface area contributed by atoms with Gasteiger partial charge >= 0.3 is 5.69 Å². The van der Waals surface area contributed by atoms with Gasteiger partial charge in [0.1, 0.15) is 16.7 Å². The molecule has 6 aromatic rings. The summed E-state index contributed by atoms with van der Waals surface area (Å²) in [5, 5.41) is 11.0. The number of thiophene rings is 1. The molecule has 0 saturated carbocycles. The third kappa shape index (κ3) is 6.32. The van der Waals surface area contributed by atoms with Crippen LogP contribution in [-0.4, -0.2) is 87.0 Å². The number of anilines is 2. The lowest BCUT2D eigenvalue weighted by Crippen LogP contribution is -2.47. The minimum Gasteiger partial charge on any atom is -0.381 e. The number of rotatable bonds is 7. The van der Waals surface area contributed by atoms with Crippen LogP contribution in [0.1, 0.15) is 53.0 Å². The van der Waals surface area contributed by atoms with Gasteiger partial charge in [0.15, 0.2) is 0 Å². The van der Waals surface area contributed by atoms with E-state index in [-0.39, 0.29) is 30.0 Å². The lowest BCUT2D eigenvalue weighted by molar-refractivity contribution is -0.135. The quantitative estimate of drug-likeness (QED) is 0.197. The van der Waals surface area contributed by atoms with Crippen molar-refractivity contribution in [2.24, 2.45) is 7.05 Å². The second-order valence-electron chi connectivity index (χ2n) is 15.1. The largest absolute Gasteiger partial charge is 0.381 e. The van der Waals surface area contributed by atoms with E-state index in [1.165, 1.54) is 15.9 Å². The average molecular weight is 758 g/mol. The number of fused-ring (bicyclic) bond motifs is 6. The van der Waals surface area contributed by atoms with Crippen LogP contribution in [0.5, 0.6) is 0 Å². The lowest BCUT2D eigenvalue weighted by Gasteiger charge is -2.36. The molecule has 2 atom stereocenters. The maximum absolute atomic E-state index is 13.1. The Bertz CT molecular complexity index is 2600. The van der Waals surface area contributed by atoms with Crippen molar-refractivity contribution < 1.29 is 14.4 Å². The molecule has 0 radical (unpaired) electrons. The van der Waals surface area contributed by atoms with Crippen LogP contribution in [0.3, 0.4) is 0 Å². The second-order valence-corrected chi connectivity index (χ2v) is 16.1. The van der Waals surface area contributed by atoms with E-state index in [1.807, 2.05) is 31.3 Å². The first-order chi connectivity index (χ1) is 26.6. The fraction of sp³-hybridized carbons (Fsp3) is 0.366. The van der Waals surface area contributed by atoms with E-state index >= 15 is 0 Å². The molecule has 4 aromatic heterocycles. The molecule has 14 heteroatoms. The van der Waals surface area contributed by atoms with E-state index in [4.69, 9.17) is 9.97 Å². The normalized spacial score (nSPS) is 19.4. The summed E-state index contributed by atoms with van der Waals surface area (Å²) in [6, 6.07) is 15.9. The van der Waals surface area contributed by atoms with E-state index < -0.39 is 11.9 Å². The van der Waals surface area contributed by atoms with Crippen molar-refractivity contribution in [3.63, 3.8) is 0 Å². The summed E-state index contributed by atoms with van der Waals surface area (Å²) in [6.45, 7) is 9.47. The maximum Gasteiger partial charge on any atom is 0.329 e. The summed E-state index contributed by atoms with van der Waals surface area (Å²) in [5.74, 6) is 0.264. The van der Waals surface area contributed by atoms with Gasteiger partial charge in [-0.05, 0) is 93.2 Å². The number of amides is 3. The molecule has 282 valence electrons. The fourth-order valence-corrected chi connectivity index (χ4v) is 9.51. The number of piperidine rings is 1. The highest BCUT2D eigenvalue weighted by Crippen LogP contribution is 2.41. The molecule has 7 heterocycles. The molecule has 9 rings (SSSR count). The number of nitrogens with one attached hydrogen (secondary N) is 3. The number of aromatic nitrogens is 4. The number of imidazole rings is 1. The van der Waals surface area contributed by atoms with Crippen LogP contribution in [0.2, 0.25) is 0 Å². The van der Waals surface area contributed by atoms with Crippen molar-refractivity contribution in [3.8, 4) is 11.3 Å². The number of hydrogen-bond acceptors (Lipinski definition) is 10. The zero-order valence-corrected chi connectivity index (χ0v) is 32.0. The number of hydrogen-bond donors (Lipinski definition) is 3. The number of piperazine rings is 1. The molecule has 3 amide bonds. The number of carbonyl (C=O) groups is 3. The molecule has 3 aliphatic heterocycles. The summed E-state index contributed by atoms with van der Waals surface area (Å²) in [7, 11) is 1.73. The summed E-state index contributed by atoms with van der Waals surface area (Å²) >= 11 is 1.52. The molecule has 1 unspecified atom stereocenters. The van der Waals surface area contributed by atoms with Crippen LogP contribution in [0.15, 0.2) is 59.5 Å². The number of carbonyl (C=O) groups excluding carboxylic acids is 3. The molecule has 0 aliphatic carbocycles. The van der Waals surface area contributed by atoms with Gasteiger partial charge in [0, 0.05) is 79.5 Å². The Morgan fingerprint density at radius 2 is 1.80 bits per heavy atom. The van der Waals surface area contributed by atoms with Crippen molar-refractivity contribution in [2.75, 3.05) is 49.5 Å². The SMILES string of the molecule is Cc1cc(-c2ccc3c(ccc4sc5c(c43)NC[C@@H](C)NC5=O)n2)cnc1N1CCN(CCCc2ccc3c(c2)n(C)c(=O)n3C2CCC(=O)NC2=O)CC1. The Hall–Kier alpha value is -5.60. The predicted octanol–water partition coefficient (Wildman–Crippen LogP) is 4.75. The van der Waals surface area contributed by atoms with E-state index in [2.05, 4.69) is 63.0 Å². The van der Waals surface area contributed by atoms with Crippen molar-refractivity contribution in [1.29, 1.82) is 0 Å². The summed E-state index contributed by atoms with van der Waals surface area (Å²) in [4.78, 5) is 65.8. The molecule has 0 spiro atoms. The highest BCUT2D eigenvalue weighted by atomic mass is 32.1. The number of nitrogens with zero attached hydrogens (tertiary/aromatic N) is 6. The Kier molecular flexibility index (Phi) is 8.89. The Morgan fingerprint density at radius 1 is 0.964 bits per heavy atom. The van der Waals surface area contributed by atoms with Crippen molar-refractivity contribution >= 4 is 72.6 Å². The third-order valence-electron chi connectivity index (χ3n) is 11.3. The van der Waals surface area contributed by atoms with Gasteiger partial charge in [-0.3, -0.25) is 33.7 Å². The summed E-state index contributed by atoms with van der Waals surface area (Å²) < 4.78 is 4.19. The number of aryl methyl sites for hydroxylation is 3. The predicted molar refractivity (Wildman–Crippen MR) is 216 cm³/mol. The van der Waals surface area contributed by atoms with Crippen LogP contribution in [-0.2, 0) is 23.1 Å². The van der Waals surface area contributed by atoms with Gasteiger partial charge in [0.2, 0.25) is 11.8 Å². The molecule has 2 aromatic carbocycles. The van der Waals surface area contributed by atoms with Gasteiger partial charge in [0.05, 0.1) is 27.9 Å². The van der Waals surface area contributed by atoms with Gasteiger partial charge in [0.25, 0.3) is 5.91 Å². The smallest absolute Gasteiger partial charge is 0.329 e. The zero-order valence-electron chi connectivity index (χ0n) is 31.1. The first kappa shape index (κ1) is 35.1. The van der Waals surface area contributed by atoms with Crippen molar-refractivity contribution in [2.45, 2.75) is 51.6 Å². The average Bonchev–Trinajstić information content (AvgIpc) is 3.63. The van der Waals surface area contributed by atoms with Gasteiger partial charge in [-0.25, -0.2) is 14.8 Å². The molecule has 3 aliphatic rings. The van der Waals surface area contributed by atoms with Gasteiger partial charge in [-0.15, -0.1) is 11.3 Å². The second kappa shape index (κ2) is 13.9. The Labute approximate surface area is 321 Å². The third-order valence-corrected chi connectivity index (χ3v) is 12.5. The first-order valence-electron chi connectivity index (χ1n) is 19.0. The van der Waals surface area contributed by atoms with E-state index in [0.29, 0.717) is 18.5 Å². The highest BCUT2D eigenvalue weighted by molar-refractivity contribution is 7.21. The monoisotopic (exact) mass is 757 g/mol. The molecule has 13 nitrogen and oxygen atoms in total. The molecule has 2 fully saturated rings. The summed E-state index contributed by atoms with van der Waals surface area (Å²) in [6.07, 6.45) is 4.35. The number of pyridine rings is 2. The molecule has 55 heavy (non-hydrogen) atoms. The van der Waals surface area contributed by atoms with Crippen LogP contribution < -0.4 is 26.5 Å². The molecule has 3 N–H and O–H groups in total. The minimum atomic E-state index is -0.679. The number of imide groups is 1. The maximum atomic E-state index is 13.1. The Balaban J connectivity index is 0.829. The topological polar surface area (TPSA) is 146 Å². The first-order valence-corrected chi connectivity index (χ1v) is 19.8. The highest BCUT2D eigenvalue weighted by Gasteiger charge is 2.31. The van der Waals surface area contributed by atoms with E-state index in [9.17, 15) is 19.2 Å². The van der Waals surface area contributed by atoms with Crippen LogP contribution in [0.4, 0.5) is 11.5 Å². The zero-order chi connectivity index (χ0) is 38.0. The molecule has 0 bridgehead atoms. The fourth-order valence-electron chi connectivity index (χ4n) is 8.41. The van der Waals surface area contributed by atoms with Gasteiger partial charge in [-0.1, -0.05) is 6.07 Å². The lowest BCUT2D eigenvalue weighted by atomic mass is 10.0. The standard InChI is InChI=1S/C41H43N9O4S/c1-23-19-26(28-8-7-27-29(45-28)9-12-33-35(27)36-37(55-33)40(53)44-24(2)21-42-36)22-43-38(23)49-17-15-48(16-18-49)14-4-5-25-6-10-30-32(20-25)47(3)41(54)50(30)31-11-13-34(51)46-39(31)52/h6-10,12,19-20,22,24,31,42H,4-5,11,13-18,21H2,1-3H3,(H,44,53)(H,46,51,52)/t24-,31?/m1/s1. The van der Waals surface area contributed by atoms with Crippen molar-refractivity contribution in [1.82, 2.24) is 34.6 Å². The minimum absolute atomic E-state index is 0.0297. The van der Waals surface area contributed by atoms with Gasteiger partial charge in [-0.2, -0.15) is 0 Å². The van der Waals surface area contributed by atoms with Gasteiger partial charge < -0.3 is 15.5 Å². The molecular formula is C41H43N9O4S. The Morgan fingerprint density at radius 3 is 2.60 bits per heavy atom. The van der Waals surface area contributed by atoms with Crippen LogP contribution in [0.25, 0.3) is 43.3 Å². The van der Waals surface area contributed by atoms with Crippen molar-refractivity contribution in [3.05, 3.63) is 81.2 Å². The van der Waals surface area contributed by atoms with Crippen LogP contribution >= 0.6 is 11.3 Å². The van der Waals surface area contributed by atoms with E-state index in [0.717, 1.165) is 111 Å². The van der Waals surface area contributed by atoms with Crippen LogP contribution in [0, 0.1) is 6.92 Å². The number of benzene rings is 2.